The maximum Gasteiger partial charge on any atom is 0.123 e. The number of nitrogens with zero attached hydrogens (tertiary/aromatic N) is 1. The van der Waals surface area contributed by atoms with Gasteiger partial charge in [0.05, 0.1) is 0 Å². The zero-order chi connectivity index (χ0) is 9.97. The predicted octanol–water partition coefficient (Wildman–Crippen LogP) is 3.20. The number of benzene rings is 1. The standard InChI is InChI=1S/C12H10FN/c1-9-6-11(8-14-7-9)10-2-4-12(13)5-3-10/h2-8H,1H3. The van der Waals surface area contributed by atoms with Crippen LogP contribution in [0.4, 0.5) is 4.39 Å². The lowest BCUT2D eigenvalue weighted by Crippen LogP contribution is -1.82. The second kappa shape index (κ2) is 3.58. The zero-order valence-corrected chi connectivity index (χ0v) is 7.87. The minimum Gasteiger partial charge on any atom is -0.264 e. The molecule has 0 amide bonds. The molecular weight excluding hydrogens is 177 g/mol. The quantitative estimate of drug-likeness (QED) is 0.668. The highest BCUT2D eigenvalue weighted by atomic mass is 19.1. The number of aryl methyl sites for hydroxylation is 1. The van der Waals surface area contributed by atoms with E-state index in [0.717, 1.165) is 16.7 Å². The van der Waals surface area contributed by atoms with Gasteiger partial charge in [0.25, 0.3) is 0 Å². The van der Waals surface area contributed by atoms with Crippen molar-refractivity contribution >= 4 is 0 Å². The van der Waals surface area contributed by atoms with E-state index in [0.29, 0.717) is 0 Å². The predicted molar refractivity (Wildman–Crippen MR) is 54.4 cm³/mol. The molecule has 0 saturated heterocycles. The Morgan fingerprint density at radius 2 is 1.71 bits per heavy atom. The second-order valence-corrected chi connectivity index (χ2v) is 3.26. The molecule has 1 heterocycles. The van der Waals surface area contributed by atoms with E-state index in [1.54, 1.807) is 24.5 Å². The molecule has 0 fully saturated rings. The van der Waals surface area contributed by atoms with E-state index in [1.807, 2.05) is 13.0 Å². The molecule has 2 rings (SSSR count). The van der Waals surface area contributed by atoms with E-state index < -0.39 is 0 Å². The van der Waals surface area contributed by atoms with E-state index in [-0.39, 0.29) is 5.82 Å². The van der Waals surface area contributed by atoms with Crippen LogP contribution in [0.2, 0.25) is 0 Å². The molecule has 0 N–H and O–H groups in total. The van der Waals surface area contributed by atoms with E-state index in [9.17, 15) is 4.39 Å². The van der Waals surface area contributed by atoms with Gasteiger partial charge in [0.15, 0.2) is 0 Å². The fourth-order valence-corrected chi connectivity index (χ4v) is 1.36. The largest absolute Gasteiger partial charge is 0.264 e. The third kappa shape index (κ3) is 1.79. The van der Waals surface area contributed by atoms with Crippen molar-refractivity contribution in [1.82, 2.24) is 4.98 Å². The van der Waals surface area contributed by atoms with E-state index in [4.69, 9.17) is 0 Å². The molecule has 70 valence electrons. The van der Waals surface area contributed by atoms with Crippen LogP contribution in [0.5, 0.6) is 0 Å². The SMILES string of the molecule is Cc1cncc(-c2ccc(F)cc2)c1. The van der Waals surface area contributed by atoms with Crippen LogP contribution < -0.4 is 0 Å². The van der Waals surface area contributed by atoms with Gasteiger partial charge in [-0.2, -0.15) is 0 Å². The number of hydrogen-bond acceptors (Lipinski definition) is 1. The summed E-state index contributed by atoms with van der Waals surface area (Å²) in [6.07, 6.45) is 3.58. The first kappa shape index (κ1) is 8.88. The van der Waals surface area contributed by atoms with Gasteiger partial charge >= 0.3 is 0 Å². The van der Waals surface area contributed by atoms with E-state index in [2.05, 4.69) is 4.98 Å². The average Bonchev–Trinajstić information content (AvgIpc) is 2.19. The molecule has 14 heavy (non-hydrogen) atoms. The molecule has 0 bridgehead atoms. The molecule has 0 saturated carbocycles. The van der Waals surface area contributed by atoms with Gasteiger partial charge in [0, 0.05) is 18.0 Å². The third-order valence-corrected chi connectivity index (χ3v) is 2.05. The maximum absolute atomic E-state index is 12.7. The van der Waals surface area contributed by atoms with Crippen molar-refractivity contribution in [3.63, 3.8) is 0 Å². The lowest BCUT2D eigenvalue weighted by molar-refractivity contribution is 0.628. The van der Waals surface area contributed by atoms with Crippen molar-refractivity contribution < 1.29 is 4.39 Å². The summed E-state index contributed by atoms with van der Waals surface area (Å²) in [5, 5.41) is 0. The van der Waals surface area contributed by atoms with Crippen LogP contribution in [0.25, 0.3) is 11.1 Å². The Balaban J connectivity index is 2.44. The van der Waals surface area contributed by atoms with Crippen LogP contribution in [0.1, 0.15) is 5.56 Å². The van der Waals surface area contributed by atoms with Crippen molar-refractivity contribution in [2.45, 2.75) is 6.92 Å². The topological polar surface area (TPSA) is 12.9 Å². The number of rotatable bonds is 1. The van der Waals surface area contributed by atoms with Gasteiger partial charge in [-0.3, -0.25) is 4.98 Å². The summed E-state index contributed by atoms with van der Waals surface area (Å²) in [6.45, 7) is 1.99. The molecular formula is C12H10FN. The third-order valence-electron chi connectivity index (χ3n) is 2.05. The van der Waals surface area contributed by atoms with Crippen LogP contribution >= 0.6 is 0 Å². The van der Waals surface area contributed by atoms with Crippen LogP contribution in [-0.4, -0.2) is 4.98 Å². The Kier molecular flexibility index (Phi) is 2.27. The molecule has 1 nitrogen and oxygen atoms in total. The van der Waals surface area contributed by atoms with Gasteiger partial charge < -0.3 is 0 Å². The fraction of sp³-hybridized carbons (Fsp3) is 0.0833. The number of halogens is 1. The molecule has 0 aliphatic heterocycles. The van der Waals surface area contributed by atoms with Gasteiger partial charge in [-0.05, 0) is 36.2 Å². The van der Waals surface area contributed by atoms with Crippen LogP contribution in [0, 0.1) is 12.7 Å². The minimum absolute atomic E-state index is 0.214. The maximum atomic E-state index is 12.7. The smallest absolute Gasteiger partial charge is 0.123 e. The summed E-state index contributed by atoms with van der Waals surface area (Å²) in [6, 6.07) is 8.45. The highest BCUT2D eigenvalue weighted by molar-refractivity contribution is 5.62. The van der Waals surface area contributed by atoms with Crippen molar-refractivity contribution in [3.8, 4) is 11.1 Å². The highest BCUT2D eigenvalue weighted by Crippen LogP contribution is 2.19. The molecule has 2 aromatic rings. The first-order valence-corrected chi connectivity index (χ1v) is 4.43. The Morgan fingerprint density at radius 1 is 1.00 bits per heavy atom. The Morgan fingerprint density at radius 3 is 2.36 bits per heavy atom. The average molecular weight is 187 g/mol. The van der Waals surface area contributed by atoms with Crippen molar-refractivity contribution in [2.24, 2.45) is 0 Å². The summed E-state index contributed by atoms with van der Waals surface area (Å²) in [5.41, 5.74) is 3.11. The molecule has 1 aromatic carbocycles. The summed E-state index contributed by atoms with van der Waals surface area (Å²) in [5.74, 6) is -0.214. The first-order chi connectivity index (χ1) is 6.75. The van der Waals surface area contributed by atoms with Crippen molar-refractivity contribution in [2.75, 3.05) is 0 Å². The first-order valence-electron chi connectivity index (χ1n) is 4.43. The molecule has 1 aromatic heterocycles. The van der Waals surface area contributed by atoms with Gasteiger partial charge in [-0.25, -0.2) is 4.39 Å². The Labute approximate surface area is 82.2 Å². The normalized spacial score (nSPS) is 10.1. The molecule has 0 spiro atoms. The van der Waals surface area contributed by atoms with E-state index in [1.165, 1.54) is 12.1 Å². The molecule has 2 heteroatoms. The lowest BCUT2D eigenvalue weighted by Gasteiger charge is -2.01. The van der Waals surface area contributed by atoms with Crippen molar-refractivity contribution in [1.29, 1.82) is 0 Å². The van der Waals surface area contributed by atoms with Crippen LogP contribution in [0.3, 0.4) is 0 Å². The van der Waals surface area contributed by atoms with Crippen LogP contribution in [-0.2, 0) is 0 Å². The van der Waals surface area contributed by atoms with Gasteiger partial charge in [-0.1, -0.05) is 12.1 Å². The van der Waals surface area contributed by atoms with Crippen molar-refractivity contribution in [3.05, 3.63) is 54.1 Å². The molecule has 0 atom stereocenters. The summed E-state index contributed by atoms with van der Waals surface area (Å²) in [7, 11) is 0. The summed E-state index contributed by atoms with van der Waals surface area (Å²) >= 11 is 0. The number of pyridine rings is 1. The molecule has 0 unspecified atom stereocenters. The Bertz CT molecular complexity index is 434. The Hall–Kier alpha value is -1.70. The van der Waals surface area contributed by atoms with Gasteiger partial charge in [-0.15, -0.1) is 0 Å². The van der Waals surface area contributed by atoms with Crippen LogP contribution in [0.15, 0.2) is 42.7 Å². The number of aromatic nitrogens is 1. The zero-order valence-electron chi connectivity index (χ0n) is 7.87. The fourth-order valence-electron chi connectivity index (χ4n) is 1.36. The molecule has 0 radical (unpaired) electrons. The monoisotopic (exact) mass is 187 g/mol. The molecule has 0 aliphatic carbocycles. The number of hydrogen-bond donors (Lipinski definition) is 0. The van der Waals surface area contributed by atoms with Gasteiger partial charge in [0.2, 0.25) is 0 Å². The summed E-state index contributed by atoms with van der Waals surface area (Å²) in [4.78, 5) is 4.09. The summed E-state index contributed by atoms with van der Waals surface area (Å²) < 4.78 is 12.7. The second-order valence-electron chi connectivity index (χ2n) is 3.26. The lowest BCUT2D eigenvalue weighted by atomic mass is 10.1. The van der Waals surface area contributed by atoms with E-state index >= 15 is 0 Å². The highest BCUT2D eigenvalue weighted by Gasteiger charge is 1.98. The molecule has 0 aliphatic rings. The van der Waals surface area contributed by atoms with Gasteiger partial charge in [0.1, 0.15) is 5.82 Å². The minimum atomic E-state index is -0.214.